The molecular formula is C22H22ClN3O6. The average Bonchev–Trinajstić information content (AvgIpc) is 3.12. The van der Waals surface area contributed by atoms with Gasteiger partial charge in [0.2, 0.25) is 5.91 Å². The standard InChI is InChI=1S/C22H22ClN3O6/c1-13-5-3-4-6-16(13)21(29)25-26-11-14(9-20(26)28)22(30)32-12-19(27)24-17-10-15(23)7-8-18(17)31-2/h3-8,10,14H,9,11-12H2,1-2H3,(H,24,27)(H,25,29)/t14-/m0/s1. The van der Waals surface area contributed by atoms with E-state index < -0.39 is 36.2 Å². The lowest BCUT2D eigenvalue weighted by Gasteiger charge is -2.18. The number of benzene rings is 2. The Hall–Kier alpha value is -3.59. The van der Waals surface area contributed by atoms with E-state index in [-0.39, 0.29) is 13.0 Å². The van der Waals surface area contributed by atoms with E-state index in [2.05, 4.69) is 10.7 Å². The van der Waals surface area contributed by atoms with Crippen molar-refractivity contribution in [1.29, 1.82) is 0 Å². The minimum atomic E-state index is -0.798. The van der Waals surface area contributed by atoms with E-state index in [1.54, 1.807) is 43.3 Å². The van der Waals surface area contributed by atoms with E-state index >= 15 is 0 Å². The molecule has 2 aromatic rings. The molecule has 1 aliphatic heterocycles. The summed E-state index contributed by atoms with van der Waals surface area (Å²) in [5, 5.41) is 4.05. The summed E-state index contributed by atoms with van der Waals surface area (Å²) in [6.07, 6.45) is -0.128. The minimum Gasteiger partial charge on any atom is -0.495 e. The maximum absolute atomic E-state index is 12.4. The zero-order valence-corrected chi connectivity index (χ0v) is 18.3. The average molecular weight is 460 g/mol. The van der Waals surface area contributed by atoms with Gasteiger partial charge in [0, 0.05) is 17.0 Å². The molecule has 2 aromatic carbocycles. The van der Waals surface area contributed by atoms with Crippen LogP contribution in [0.5, 0.6) is 5.75 Å². The van der Waals surface area contributed by atoms with Crippen LogP contribution >= 0.6 is 11.6 Å². The highest BCUT2D eigenvalue weighted by molar-refractivity contribution is 6.31. The molecular weight excluding hydrogens is 438 g/mol. The first-order valence-corrected chi connectivity index (χ1v) is 10.1. The number of hydrazine groups is 1. The summed E-state index contributed by atoms with van der Waals surface area (Å²) < 4.78 is 10.2. The van der Waals surface area contributed by atoms with Gasteiger partial charge in [-0.2, -0.15) is 0 Å². The molecule has 0 spiro atoms. The van der Waals surface area contributed by atoms with Crippen LogP contribution in [0.3, 0.4) is 0 Å². The Morgan fingerprint density at radius 3 is 2.66 bits per heavy atom. The fraction of sp³-hybridized carbons (Fsp3) is 0.273. The van der Waals surface area contributed by atoms with Crippen molar-refractivity contribution >= 4 is 41.0 Å². The van der Waals surface area contributed by atoms with Gasteiger partial charge < -0.3 is 14.8 Å². The number of hydrogen-bond donors (Lipinski definition) is 2. The molecule has 3 amide bonds. The lowest BCUT2D eigenvalue weighted by molar-refractivity contribution is -0.151. The summed E-state index contributed by atoms with van der Waals surface area (Å²) in [7, 11) is 1.44. The number of esters is 1. The second kappa shape index (κ2) is 10.1. The molecule has 1 heterocycles. The molecule has 1 aliphatic rings. The van der Waals surface area contributed by atoms with Crippen LogP contribution in [0.1, 0.15) is 22.3 Å². The molecule has 0 saturated carbocycles. The van der Waals surface area contributed by atoms with Gasteiger partial charge in [0.15, 0.2) is 6.61 Å². The maximum atomic E-state index is 12.4. The Balaban J connectivity index is 1.51. The number of halogens is 1. The Bertz CT molecular complexity index is 1060. The zero-order valence-electron chi connectivity index (χ0n) is 17.5. The Morgan fingerprint density at radius 1 is 1.19 bits per heavy atom. The highest BCUT2D eigenvalue weighted by Gasteiger charge is 2.36. The number of rotatable bonds is 7. The molecule has 3 rings (SSSR count). The minimum absolute atomic E-state index is 0.0426. The van der Waals surface area contributed by atoms with Crippen molar-refractivity contribution in [3.63, 3.8) is 0 Å². The van der Waals surface area contributed by atoms with Gasteiger partial charge in [-0.3, -0.25) is 29.6 Å². The van der Waals surface area contributed by atoms with Gasteiger partial charge in [-0.05, 0) is 36.8 Å². The van der Waals surface area contributed by atoms with Crippen molar-refractivity contribution in [2.75, 3.05) is 25.6 Å². The molecule has 9 nitrogen and oxygen atoms in total. The summed E-state index contributed by atoms with van der Waals surface area (Å²) in [6.45, 7) is 1.19. The van der Waals surface area contributed by atoms with Crippen molar-refractivity contribution in [3.8, 4) is 5.75 Å². The number of hydrogen-bond acceptors (Lipinski definition) is 6. The van der Waals surface area contributed by atoms with E-state index in [1.807, 2.05) is 0 Å². The SMILES string of the molecule is COc1ccc(Cl)cc1NC(=O)COC(=O)[C@H]1CC(=O)N(NC(=O)c2ccccc2C)C1. The van der Waals surface area contributed by atoms with Crippen molar-refractivity contribution in [2.24, 2.45) is 5.92 Å². The topological polar surface area (TPSA) is 114 Å². The molecule has 0 unspecified atom stereocenters. The number of nitrogens with one attached hydrogen (secondary N) is 2. The maximum Gasteiger partial charge on any atom is 0.311 e. The number of amides is 3. The van der Waals surface area contributed by atoms with Crippen LogP contribution in [0.4, 0.5) is 5.69 Å². The molecule has 0 radical (unpaired) electrons. The van der Waals surface area contributed by atoms with Crippen molar-refractivity contribution in [2.45, 2.75) is 13.3 Å². The van der Waals surface area contributed by atoms with Crippen LogP contribution in [0.15, 0.2) is 42.5 Å². The van der Waals surface area contributed by atoms with Crippen LogP contribution in [0.25, 0.3) is 0 Å². The smallest absolute Gasteiger partial charge is 0.311 e. The third-order valence-corrected chi connectivity index (χ3v) is 5.10. The summed E-state index contributed by atoms with van der Waals surface area (Å²) in [6, 6.07) is 11.7. The normalized spacial score (nSPS) is 15.3. The molecule has 10 heteroatoms. The van der Waals surface area contributed by atoms with E-state index in [9.17, 15) is 19.2 Å². The molecule has 1 fully saturated rings. The van der Waals surface area contributed by atoms with Gasteiger partial charge in [-0.25, -0.2) is 0 Å². The monoisotopic (exact) mass is 459 g/mol. The highest BCUT2D eigenvalue weighted by atomic mass is 35.5. The first kappa shape index (κ1) is 23.1. The molecule has 1 atom stereocenters. The van der Waals surface area contributed by atoms with Gasteiger partial charge in [0.25, 0.3) is 11.8 Å². The van der Waals surface area contributed by atoms with Gasteiger partial charge in [0.05, 0.1) is 25.3 Å². The van der Waals surface area contributed by atoms with Crippen LogP contribution in [-0.4, -0.2) is 49.0 Å². The largest absolute Gasteiger partial charge is 0.495 e. The number of aryl methyl sites for hydroxylation is 1. The van der Waals surface area contributed by atoms with E-state index in [1.165, 1.54) is 13.2 Å². The van der Waals surface area contributed by atoms with E-state index in [4.69, 9.17) is 21.1 Å². The molecule has 0 aliphatic carbocycles. The van der Waals surface area contributed by atoms with Crippen LogP contribution in [0, 0.1) is 12.8 Å². The van der Waals surface area contributed by atoms with Gasteiger partial charge in [-0.1, -0.05) is 29.8 Å². The number of methoxy groups -OCH3 is 1. The summed E-state index contributed by atoms with van der Waals surface area (Å²) in [5.41, 5.74) is 4.04. The second-order valence-electron chi connectivity index (χ2n) is 7.16. The summed E-state index contributed by atoms with van der Waals surface area (Å²) in [5.74, 6) is -2.56. The number of nitrogens with zero attached hydrogens (tertiary/aromatic N) is 1. The fourth-order valence-corrected chi connectivity index (χ4v) is 3.37. The van der Waals surface area contributed by atoms with E-state index in [0.29, 0.717) is 22.0 Å². The third kappa shape index (κ3) is 5.55. The molecule has 32 heavy (non-hydrogen) atoms. The van der Waals surface area contributed by atoms with Crippen molar-refractivity contribution < 1.29 is 28.7 Å². The number of ether oxygens (including phenoxy) is 2. The molecule has 0 aromatic heterocycles. The van der Waals surface area contributed by atoms with Crippen molar-refractivity contribution in [1.82, 2.24) is 10.4 Å². The number of anilines is 1. The van der Waals surface area contributed by atoms with Crippen LogP contribution < -0.4 is 15.5 Å². The fourth-order valence-electron chi connectivity index (χ4n) is 3.20. The molecule has 1 saturated heterocycles. The van der Waals surface area contributed by atoms with E-state index in [0.717, 1.165) is 10.6 Å². The predicted molar refractivity (Wildman–Crippen MR) is 116 cm³/mol. The van der Waals surface area contributed by atoms with Gasteiger partial charge in [0.1, 0.15) is 5.75 Å². The molecule has 2 N–H and O–H groups in total. The van der Waals surface area contributed by atoms with Crippen molar-refractivity contribution in [3.05, 3.63) is 58.6 Å². The first-order valence-electron chi connectivity index (χ1n) is 9.75. The number of carbonyl (C=O) groups excluding carboxylic acids is 4. The predicted octanol–water partition coefficient (Wildman–Crippen LogP) is 2.33. The Labute approximate surface area is 189 Å². The number of carbonyl (C=O) groups is 4. The second-order valence-corrected chi connectivity index (χ2v) is 7.60. The quantitative estimate of drug-likeness (QED) is 0.614. The summed E-state index contributed by atoms with van der Waals surface area (Å²) in [4.78, 5) is 49.1. The third-order valence-electron chi connectivity index (χ3n) is 4.87. The van der Waals surface area contributed by atoms with Gasteiger partial charge >= 0.3 is 5.97 Å². The van der Waals surface area contributed by atoms with Crippen LogP contribution in [-0.2, 0) is 19.1 Å². The Morgan fingerprint density at radius 2 is 1.94 bits per heavy atom. The Kier molecular flexibility index (Phi) is 7.32. The molecule has 168 valence electrons. The lowest BCUT2D eigenvalue weighted by atomic mass is 10.1. The zero-order chi connectivity index (χ0) is 23.3. The molecule has 0 bridgehead atoms. The van der Waals surface area contributed by atoms with Crippen LogP contribution in [0.2, 0.25) is 5.02 Å². The highest BCUT2D eigenvalue weighted by Crippen LogP contribution is 2.27. The summed E-state index contributed by atoms with van der Waals surface area (Å²) >= 11 is 5.92. The first-order chi connectivity index (χ1) is 15.3. The van der Waals surface area contributed by atoms with Gasteiger partial charge in [-0.15, -0.1) is 0 Å². The lowest BCUT2D eigenvalue weighted by Crippen LogP contribution is -2.43.